The van der Waals surface area contributed by atoms with Crippen LogP contribution in [-0.4, -0.2) is 25.1 Å². The van der Waals surface area contributed by atoms with Crippen molar-refractivity contribution < 1.29 is 19.2 Å². The van der Waals surface area contributed by atoms with Crippen molar-refractivity contribution in [2.75, 3.05) is 19.5 Å². The van der Waals surface area contributed by atoms with Crippen molar-refractivity contribution in [2.45, 2.75) is 6.42 Å². The van der Waals surface area contributed by atoms with E-state index in [4.69, 9.17) is 9.47 Å². The number of nitrogens with zero attached hydrogens (tertiary/aromatic N) is 1. The fraction of sp³-hybridized carbons (Fsp3) is 0.214. The molecule has 0 spiro atoms. The molecular weight excluding hydrogens is 308 g/mol. The minimum atomic E-state index is -0.581. The number of rotatable bonds is 6. The predicted molar refractivity (Wildman–Crippen MR) is 82.9 cm³/mol. The van der Waals surface area contributed by atoms with Crippen LogP contribution in [0.3, 0.4) is 0 Å². The Kier molecular flexibility index (Phi) is 4.95. The van der Waals surface area contributed by atoms with E-state index in [-0.39, 0.29) is 29.5 Å². The molecule has 0 saturated heterocycles. The van der Waals surface area contributed by atoms with Gasteiger partial charge in [-0.15, -0.1) is 11.3 Å². The molecule has 1 aromatic heterocycles. The number of hydrogen-bond donors (Lipinski definition) is 1. The van der Waals surface area contributed by atoms with E-state index in [1.54, 1.807) is 0 Å². The number of amides is 1. The highest BCUT2D eigenvalue weighted by molar-refractivity contribution is 7.10. The fourth-order valence-electron chi connectivity index (χ4n) is 1.89. The lowest BCUT2D eigenvalue weighted by Crippen LogP contribution is -2.15. The zero-order valence-corrected chi connectivity index (χ0v) is 12.8. The quantitative estimate of drug-likeness (QED) is 0.652. The summed E-state index contributed by atoms with van der Waals surface area (Å²) >= 11 is 1.45. The molecule has 0 aliphatic carbocycles. The summed E-state index contributed by atoms with van der Waals surface area (Å²) in [6.45, 7) is 0. The standard InChI is InChI=1S/C14H14N2O5S/c1-20-12-7-10(11(16(18)19)8-13(12)21-2)15-14(17)6-9-4-3-5-22-9/h3-5,7-8H,6H2,1-2H3,(H,15,17). The third-order valence-corrected chi connectivity index (χ3v) is 3.76. The van der Waals surface area contributed by atoms with Gasteiger partial charge in [-0.25, -0.2) is 0 Å². The minimum Gasteiger partial charge on any atom is -0.493 e. The SMILES string of the molecule is COc1cc(NC(=O)Cc2cccs2)c([N+](=O)[O-])cc1OC. The Bertz CT molecular complexity index is 685. The molecule has 116 valence electrons. The Morgan fingerprint density at radius 1 is 1.32 bits per heavy atom. The molecule has 7 nitrogen and oxygen atoms in total. The number of nitrogens with one attached hydrogen (secondary N) is 1. The van der Waals surface area contributed by atoms with E-state index < -0.39 is 4.92 Å². The lowest BCUT2D eigenvalue weighted by atomic mass is 10.2. The summed E-state index contributed by atoms with van der Waals surface area (Å²) in [6.07, 6.45) is 0.156. The van der Waals surface area contributed by atoms with Crippen LogP contribution in [0.15, 0.2) is 29.6 Å². The van der Waals surface area contributed by atoms with Crippen LogP contribution in [0, 0.1) is 10.1 Å². The Hall–Kier alpha value is -2.61. The van der Waals surface area contributed by atoms with Crippen LogP contribution < -0.4 is 14.8 Å². The van der Waals surface area contributed by atoms with Gasteiger partial charge in [0.15, 0.2) is 11.5 Å². The first kappa shape index (κ1) is 15.8. The molecule has 1 heterocycles. The molecule has 2 aromatic rings. The summed E-state index contributed by atoms with van der Waals surface area (Å²) < 4.78 is 10.1. The maximum absolute atomic E-state index is 12.0. The lowest BCUT2D eigenvalue weighted by Gasteiger charge is -2.11. The Balaban J connectivity index is 2.28. The number of hydrogen-bond acceptors (Lipinski definition) is 6. The lowest BCUT2D eigenvalue weighted by molar-refractivity contribution is -0.384. The minimum absolute atomic E-state index is 0.0733. The van der Waals surface area contributed by atoms with Crippen LogP contribution in [-0.2, 0) is 11.2 Å². The van der Waals surface area contributed by atoms with Crippen LogP contribution in [0.4, 0.5) is 11.4 Å². The average Bonchev–Trinajstić information content (AvgIpc) is 2.99. The maximum atomic E-state index is 12.0. The first-order valence-corrected chi connectivity index (χ1v) is 7.15. The summed E-state index contributed by atoms with van der Waals surface area (Å²) in [5.41, 5.74) is -0.179. The van der Waals surface area contributed by atoms with Crippen LogP contribution in [0.2, 0.25) is 0 Å². The molecule has 0 unspecified atom stereocenters. The van der Waals surface area contributed by atoms with Crippen LogP contribution >= 0.6 is 11.3 Å². The van der Waals surface area contributed by atoms with Gasteiger partial charge in [0.1, 0.15) is 5.69 Å². The number of carbonyl (C=O) groups excluding carboxylic acids is 1. The topological polar surface area (TPSA) is 90.7 Å². The first-order chi connectivity index (χ1) is 10.5. The van der Waals surface area contributed by atoms with Gasteiger partial charge in [-0.05, 0) is 11.4 Å². The van der Waals surface area contributed by atoms with Gasteiger partial charge in [-0.2, -0.15) is 0 Å². The molecule has 0 atom stereocenters. The molecule has 1 aromatic carbocycles. The zero-order valence-electron chi connectivity index (χ0n) is 12.0. The van der Waals surface area contributed by atoms with Gasteiger partial charge in [0.05, 0.1) is 31.6 Å². The maximum Gasteiger partial charge on any atom is 0.296 e. The molecule has 0 radical (unpaired) electrons. The smallest absolute Gasteiger partial charge is 0.296 e. The van der Waals surface area contributed by atoms with Gasteiger partial charge in [0, 0.05) is 10.9 Å². The number of benzene rings is 1. The molecule has 22 heavy (non-hydrogen) atoms. The number of ether oxygens (including phenoxy) is 2. The molecule has 0 fully saturated rings. The van der Waals surface area contributed by atoms with E-state index in [1.165, 1.54) is 37.7 Å². The molecule has 8 heteroatoms. The molecule has 0 aliphatic rings. The van der Waals surface area contributed by atoms with Crippen molar-refractivity contribution >= 4 is 28.6 Å². The summed E-state index contributed by atoms with van der Waals surface area (Å²) in [5.74, 6) is 0.197. The first-order valence-electron chi connectivity index (χ1n) is 6.27. The highest BCUT2D eigenvalue weighted by atomic mass is 32.1. The number of nitro groups is 1. The molecule has 1 amide bonds. The van der Waals surface area contributed by atoms with E-state index in [2.05, 4.69) is 5.32 Å². The summed E-state index contributed by atoms with van der Waals surface area (Å²) in [5, 5.41) is 15.6. The van der Waals surface area contributed by atoms with E-state index in [0.29, 0.717) is 5.75 Å². The summed E-state index contributed by atoms with van der Waals surface area (Å²) in [6, 6.07) is 6.27. The third kappa shape index (κ3) is 3.53. The number of thiophene rings is 1. The largest absolute Gasteiger partial charge is 0.493 e. The summed E-state index contributed by atoms with van der Waals surface area (Å²) in [7, 11) is 2.80. The van der Waals surface area contributed by atoms with Crippen LogP contribution in [0.25, 0.3) is 0 Å². The van der Waals surface area contributed by atoms with Gasteiger partial charge >= 0.3 is 0 Å². The molecule has 0 saturated carbocycles. The van der Waals surface area contributed by atoms with Crippen molar-refractivity contribution in [3.8, 4) is 11.5 Å². The molecule has 0 bridgehead atoms. The van der Waals surface area contributed by atoms with Gasteiger partial charge in [0.25, 0.3) is 5.69 Å². The summed E-state index contributed by atoms with van der Waals surface area (Å²) in [4.78, 5) is 23.5. The highest BCUT2D eigenvalue weighted by Crippen LogP contribution is 2.37. The zero-order chi connectivity index (χ0) is 16.1. The number of nitro benzene ring substituents is 1. The number of carbonyl (C=O) groups is 1. The van der Waals surface area contributed by atoms with Crippen LogP contribution in [0.1, 0.15) is 4.88 Å². The second-order valence-electron chi connectivity index (χ2n) is 4.29. The molecule has 0 aliphatic heterocycles. The second-order valence-corrected chi connectivity index (χ2v) is 5.32. The van der Waals surface area contributed by atoms with E-state index >= 15 is 0 Å². The Morgan fingerprint density at radius 2 is 2.00 bits per heavy atom. The Morgan fingerprint density at radius 3 is 2.55 bits per heavy atom. The normalized spacial score (nSPS) is 10.1. The van der Waals surface area contributed by atoms with Gasteiger partial charge in [-0.1, -0.05) is 6.07 Å². The molecule has 1 N–H and O–H groups in total. The average molecular weight is 322 g/mol. The van der Waals surface area contributed by atoms with Crippen molar-refractivity contribution in [3.05, 3.63) is 44.6 Å². The predicted octanol–water partition coefficient (Wildman–Crippen LogP) is 2.85. The third-order valence-electron chi connectivity index (χ3n) is 2.89. The Labute approximate surface area is 130 Å². The van der Waals surface area contributed by atoms with Gasteiger partial charge in [-0.3, -0.25) is 14.9 Å². The van der Waals surface area contributed by atoms with Crippen molar-refractivity contribution in [1.29, 1.82) is 0 Å². The monoisotopic (exact) mass is 322 g/mol. The van der Waals surface area contributed by atoms with Gasteiger partial charge < -0.3 is 14.8 Å². The van der Waals surface area contributed by atoms with Crippen LogP contribution in [0.5, 0.6) is 11.5 Å². The highest BCUT2D eigenvalue weighted by Gasteiger charge is 2.21. The van der Waals surface area contributed by atoms with E-state index in [9.17, 15) is 14.9 Å². The number of anilines is 1. The van der Waals surface area contributed by atoms with E-state index in [1.807, 2.05) is 17.5 Å². The molecular formula is C14H14N2O5S. The van der Waals surface area contributed by atoms with Crippen molar-refractivity contribution in [2.24, 2.45) is 0 Å². The van der Waals surface area contributed by atoms with E-state index in [0.717, 1.165) is 4.88 Å². The number of methoxy groups -OCH3 is 2. The van der Waals surface area contributed by atoms with Gasteiger partial charge in [0.2, 0.25) is 5.91 Å². The van der Waals surface area contributed by atoms with Crippen molar-refractivity contribution in [1.82, 2.24) is 0 Å². The second kappa shape index (κ2) is 6.90. The fourth-order valence-corrected chi connectivity index (χ4v) is 2.59. The van der Waals surface area contributed by atoms with Crippen molar-refractivity contribution in [3.63, 3.8) is 0 Å². The molecule has 2 rings (SSSR count).